The molecule has 2 atom stereocenters. The second-order valence-corrected chi connectivity index (χ2v) is 4.69. The first-order valence-electron chi connectivity index (χ1n) is 5.61. The van der Waals surface area contributed by atoms with E-state index in [0.717, 1.165) is 13.1 Å². The molecule has 0 N–H and O–H groups in total. The molecule has 1 aliphatic rings. The Bertz CT molecular complexity index is 320. The smallest absolute Gasteiger partial charge is 0.123 e. The number of piperidine rings is 1. The maximum absolute atomic E-state index is 12.8. The molecular weight excluding hydrogens is 189 g/mol. The highest BCUT2D eigenvalue weighted by Crippen LogP contribution is 2.32. The van der Waals surface area contributed by atoms with E-state index >= 15 is 0 Å². The highest BCUT2D eigenvalue weighted by Gasteiger charge is 2.25. The van der Waals surface area contributed by atoms with E-state index in [2.05, 4.69) is 18.9 Å². The standard InChI is InChI=1S/C13H18FN/c1-10-9-15(2)8-7-13(10)11-3-5-12(14)6-4-11/h3-6,10,13H,7-9H2,1-2H3/t10-,13?/m1/s1. The first-order chi connectivity index (χ1) is 7.16. The van der Waals surface area contributed by atoms with E-state index < -0.39 is 0 Å². The van der Waals surface area contributed by atoms with E-state index in [1.807, 2.05) is 12.1 Å². The third-order valence-electron chi connectivity index (χ3n) is 3.41. The normalized spacial score (nSPS) is 27.9. The summed E-state index contributed by atoms with van der Waals surface area (Å²) in [5.74, 6) is 1.12. The summed E-state index contributed by atoms with van der Waals surface area (Å²) in [4.78, 5) is 2.37. The van der Waals surface area contributed by atoms with Gasteiger partial charge >= 0.3 is 0 Å². The second-order valence-electron chi connectivity index (χ2n) is 4.69. The van der Waals surface area contributed by atoms with Crippen molar-refractivity contribution in [1.29, 1.82) is 0 Å². The van der Waals surface area contributed by atoms with Crippen LogP contribution in [0.4, 0.5) is 4.39 Å². The lowest BCUT2D eigenvalue weighted by molar-refractivity contribution is 0.195. The number of benzene rings is 1. The Kier molecular flexibility index (Phi) is 3.06. The molecule has 0 amide bonds. The molecule has 2 rings (SSSR count). The van der Waals surface area contributed by atoms with Crippen molar-refractivity contribution in [2.45, 2.75) is 19.3 Å². The van der Waals surface area contributed by atoms with Crippen LogP contribution >= 0.6 is 0 Å². The maximum atomic E-state index is 12.8. The molecule has 1 aromatic rings. The van der Waals surface area contributed by atoms with Crippen LogP contribution in [0.1, 0.15) is 24.8 Å². The number of nitrogens with zero attached hydrogens (tertiary/aromatic N) is 1. The van der Waals surface area contributed by atoms with E-state index in [0.29, 0.717) is 11.8 Å². The van der Waals surface area contributed by atoms with Crippen molar-refractivity contribution in [3.05, 3.63) is 35.6 Å². The number of rotatable bonds is 1. The molecule has 1 aromatic carbocycles. The molecule has 2 heteroatoms. The van der Waals surface area contributed by atoms with Crippen molar-refractivity contribution in [1.82, 2.24) is 4.90 Å². The topological polar surface area (TPSA) is 3.24 Å². The SMILES string of the molecule is C[C@@H]1CN(C)CCC1c1ccc(F)cc1. The van der Waals surface area contributed by atoms with Crippen LogP contribution in [0.5, 0.6) is 0 Å². The quantitative estimate of drug-likeness (QED) is 0.684. The van der Waals surface area contributed by atoms with Gasteiger partial charge in [0.05, 0.1) is 0 Å². The Morgan fingerprint density at radius 1 is 1.27 bits per heavy atom. The Hall–Kier alpha value is -0.890. The average Bonchev–Trinajstić information content (AvgIpc) is 2.20. The molecule has 0 bridgehead atoms. The minimum atomic E-state index is -0.140. The lowest BCUT2D eigenvalue weighted by Crippen LogP contribution is -2.35. The van der Waals surface area contributed by atoms with Gasteiger partial charge in [-0.3, -0.25) is 0 Å². The summed E-state index contributed by atoms with van der Waals surface area (Å²) in [6.45, 7) is 4.57. The first-order valence-corrected chi connectivity index (χ1v) is 5.61. The van der Waals surface area contributed by atoms with Crippen LogP contribution in [0.2, 0.25) is 0 Å². The molecule has 1 aliphatic heterocycles. The molecular formula is C13H18FN. The Morgan fingerprint density at radius 2 is 1.93 bits per heavy atom. The van der Waals surface area contributed by atoms with Crippen LogP contribution in [-0.4, -0.2) is 25.0 Å². The molecule has 1 saturated heterocycles. The summed E-state index contributed by atoms with van der Waals surface area (Å²) < 4.78 is 12.8. The molecule has 0 aliphatic carbocycles. The van der Waals surface area contributed by atoms with Crippen molar-refractivity contribution in [2.24, 2.45) is 5.92 Å². The van der Waals surface area contributed by atoms with E-state index in [1.165, 1.54) is 12.0 Å². The van der Waals surface area contributed by atoms with Crippen LogP contribution in [0.25, 0.3) is 0 Å². The zero-order valence-electron chi connectivity index (χ0n) is 9.41. The van der Waals surface area contributed by atoms with Gasteiger partial charge < -0.3 is 4.90 Å². The van der Waals surface area contributed by atoms with Crippen LogP contribution < -0.4 is 0 Å². The van der Waals surface area contributed by atoms with Crippen LogP contribution in [0, 0.1) is 11.7 Å². The van der Waals surface area contributed by atoms with Gasteiger partial charge in [0.1, 0.15) is 5.82 Å². The summed E-state index contributed by atoms with van der Waals surface area (Å²) in [6, 6.07) is 7.00. The minimum absolute atomic E-state index is 0.140. The van der Waals surface area contributed by atoms with Gasteiger partial charge in [0, 0.05) is 6.54 Å². The second kappa shape index (κ2) is 4.31. The molecule has 1 nitrogen and oxygen atoms in total. The van der Waals surface area contributed by atoms with Crippen LogP contribution in [0.15, 0.2) is 24.3 Å². The number of hydrogen-bond donors (Lipinski definition) is 0. The lowest BCUT2D eigenvalue weighted by atomic mass is 9.82. The predicted octanol–water partition coefficient (Wildman–Crippen LogP) is 2.88. The highest BCUT2D eigenvalue weighted by molar-refractivity contribution is 5.21. The van der Waals surface area contributed by atoms with Gasteiger partial charge in [0.2, 0.25) is 0 Å². The number of hydrogen-bond acceptors (Lipinski definition) is 1. The van der Waals surface area contributed by atoms with Gasteiger partial charge in [-0.15, -0.1) is 0 Å². The molecule has 0 saturated carbocycles. The summed E-state index contributed by atoms with van der Waals surface area (Å²) in [7, 11) is 2.16. The van der Waals surface area contributed by atoms with E-state index in [-0.39, 0.29) is 5.82 Å². The fraction of sp³-hybridized carbons (Fsp3) is 0.538. The maximum Gasteiger partial charge on any atom is 0.123 e. The zero-order valence-corrected chi connectivity index (χ0v) is 9.41. The van der Waals surface area contributed by atoms with Crippen molar-refractivity contribution in [3.8, 4) is 0 Å². The van der Waals surface area contributed by atoms with Crippen molar-refractivity contribution < 1.29 is 4.39 Å². The Balaban J connectivity index is 2.13. The molecule has 1 unspecified atom stereocenters. The Morgan fingerprint density at radius 3 is 2.53 bits per heavy atom. The third-order valence-corrected chi connectivity index (χ3v) is 3.41. The first kappa shape index (κ1) is 10.6. The average molecular weight is 207 g/mol. The molecule has 15 heavy (non-hydrogen) atoms. The molecule has 0 radical (unpaired) electrons. The number of halogens is 1. The molecule has 0 spiro atoms. The van der Waals surface area contributed by atoms with Gasteiger partial charge in [0.25, 0.3) is 0 Å². The third kappa shape index (κ3) is 2.37. The van der Waals surface area contributed by atoms with Gasteiger partial charge in [-0.2, -0.15) is 0 Å². The molecule has 82 valence electrons. The van der Waals surface area contributed by atoms with Gasteiger partial charge in [-0.25, -0.2) is 4.39 Å². The highest BCUT2D eigenvalue weighted by atomic mass is 19.1. The van der Waals surface area contributed by atoms with Crippen molar-refractivity contribution in [3.63, 3.8) is 0 Å². The summed E-state index contributed by atoms with van der Waals surface area (Å²) in [6.07, 6.45) is 1.18. The summed E-state index contributed by atoms with van der Waals surface area (Å²) in [5.41, 5.74) is 1.29. The minimum Gasteiger partial charge on any atom is -0.306 e. The molecule has 1 fully saturated rings. The Labute approximate surface area is 90.9 Å². The predicted molar refractivity (Wildman–Crippen MR) is 60.4 cm³/mol. The van der Waals surface area contributed by atoms with E-state index in [9.17, 15) is 4.39 Å². The fourth-order valence-electron chi connectivity index (χ4n) is 2.56. The van der Waals surface area contributed by atoms with Crippen LogP contribution in [0.3, 0.4) is 0 Å². The van der Waals surface area contributed by atoms with Crippen molar-refractivity contribution in [2.75, 3.05) is 20.1 Å². The van der Waals surface area contributed by atoms with Gasteiger partial charge in [-0.05, 0) is 49.5 Å². The largest absolute Gasteiger partial charge is 0.306 e. The van der Waals surface area contributed by atoms with E-state index in [4.69, 9.17) is 0 Å². The summed E-state index contributed by atoms with van der Waals surface area (Å²) >= 11 is 0. The fourth-order valence-corrected chi connectivity index (χ4v) is 2.56. The summed E-state index contributed by atoms with van der Waals surface area (Å²) in [5, 5.41) is 0. The zero-order chi connectivity index (χ0) is 10.8. The lowest BCUT2D eigenvalue weighted by Gasteiger charge is -2.35. The van der Waals surface area contributed by atoms with E-state index in [1.54, 1.807) is 12.1 Å². The van der Waals surface area contributed by atoms with Gasteiger partial charge in [-0.1, -0.05) is 19.1 Å². The molecule has 0 aromatic heterocycles. The van der Waals surface area contributed by atoms with Crippen LogP contribution in [-0.2, 0) is 0 Å². The van der Waals surface area contributed by atoms with Gasteiger partial charge in [0.15, 0.2) is 0 Å². The monoisotopic (exact) mass is 207 g/mol. The molecule has 1 heterocycles. The number of likely N-dealkylation sites (tertiary alicyclic amines) is 1. The van der Waals surface area contributed by atoms with Crippen molar-refractivity contribution >= 4 is 0 Å².